The van der Waals surface area contributed by atoms with Gasteiger partial charge < -0.3 is 0 Å². The molecule has 0 N–H and O–H groups in total. The van der Waals surface area contributed by atoms with Crippen LogP contribution in [-0.2, 0) is 6.18 Å². The highest BCUT2D eigenvalue weighted by atomic mass is 35.5. The van der Waals surface area contributed by atoms with Gasteiger partial charge in [-0.25, -0.2) is 0 Å². The van der Waals surface area contributed by atoms with Crippen molar-refractivity contribution in [2.24, 2.45) is 0 Å². The number of benzene rings is 1. The van der Waals surface area contributed by atoms with E-state index in [1.54, 1.807) is 0 Å². The third kappa shape index (κ3) is 1.91. The summed E-state index contributed by atoms with van der Waals surface area (Å²) >= 11 is 5.33. The minimum Gasteiger partial charge on any atom is -0.166 e. The molecule has 0 atom stereocenters. The van der Waals surface area contributed by atoms with Gasteiger partial charge in [0.1, 0.15) is 0 Å². The van der Waals surface area contributed by atoms with E-state index in [0.29, 0.717) is 5.56 Å². The van der Waals surface area contributed by atoms with Gasteiger partial charge in [0.25, 0.3) is 0 Å². The van der Waals surface area contributed by atoms with Crippen LogP contribution >= 0.6 is 11.6 Å². The lowest BCUT2D eigenvalue weighted by atomic mass is 10.1. The van der Waals surface area contributed by atoms with Crippen LogP contribution in [0.3, 0.4) is 0 Å². The summed E-state index contributed by atoms with van der Waals surface area (Å²) in [7, 11) is 0. The van der Waals surface area contributed by atoms with Crippen LogP contribution in [0.15, 0.2) is 12.1 Å². The molecule has 0 amide bonds. The largest absolute Gasteiger partial charge is 0.417 e. The van der Waals surface area contributed by atoms with Crippen LogP contribution in [0.1, 0.15) is 11.1 Å². The van der Waals surface area contributed by atoms with Gasteiger partial charge in [-0.1, -0.05) is 11.6 Å². The highest BCUT2D eigenvalue weighted by Crippen LogP contribution is 2.34. The summed E-state index contributed by atoms with van der Waals surface area (Å²) in [4.78, 5) is 0. The highest BCUT2D eigenvalue weighted by Gasteiger charge is 2.32. The number of rotatable bonds is 0. The Morgan fingerprint density at radius 2 is 2.00 bits per heavy atom. The summed E-state index contributed by atoms with van der Waals surface area (Å²) in [5, 5.41) is -0.312. The molecule has 0 saturated heterocycles. The zero-order valence-electron chi connectivity index (χ0n) is 6.17. The average Bonchev–Trinajstić information content (AvgIpc) is 1.92. The van der Waals surface area contributed by atoms with Gasteiger partial charge in [0.15, 0.2) is 0 Å². The van der Waals surface area contributed by atoms with E-state index in [2.05, 4.69) is 6.07 Å². The van der Waals surface area contributed by atoms with Crippen molar-refractivity contribution in [3.63, 3.8) is 0 Å². The van der Waals surface area contributed by atoms with E-state index in [0.717, 1.165) is 12.1 Å². The molecule has 0 aromatic heterocycles. The molecular weight excluding hydrogens is 189 g/mol. The molecule has 0 aliphatic heterocycles. The molecule has 12 heavy (non-hydrogen) atoms. The van der Waals surface area contributed by atoms with E-state index in [1.165, 1.54) is 6.92 Å². The van der Waals surface area contributed by atoms with E-state index >= 15 is 0 Å². The molecule has 0 spiro atoms. The number of hydrogen-bond acceptors (Lipinski definition) is 0. The lowest BCUT2D eigenvalue weighted by Crippen LogP contribution is -2.05. The normalized spacial score (nSPS) is 11.8. The molecule has 0 bridgehead atoms. The Bertz CT molecular complexity index is 291. The summed E-state index contributed by atoms with van der Waals surface area (Å²) in [5.41, 5.74) is -0.382. The van der Waals surface area contributed by atoms with Crippen LogP contribution in [0.4, 0.5) is 13.2 Å². The van der Waals surface area contributed by atoms with Crippen LogP contribution in [0.25, 0.3) is 0 Å². The van der Waals surface area contributed by atoms with Gasteiger partial charge in [0.2, 0.25) is 0 Å². The Hall–Kier alpha value is -0.700. The van der Waals surface area contributed by atoms with Gasteiger partial charge in [0.05, 0.1) is 10.6 Å². The van der Waals surface area contributed by atoms with Crippen molar-refractivity contribution >= 4 is 11.6 Å². The zero-order chi connectivity index (χ0) is 9.35. The Kier molecular flexibility index (Phi) is 2.33. The van der Waals surface area contributed by atoms with Crippen molar-refractivity contribution in [1.82, 2.24) is 0 Å². The predicted molar refractivity (Wildman–Crippen MR) is 40.0 cm³/mol. The maximum atomic E-state index is 12.1. The topological polar surface area (TPSA) is 0 Å². The van der Waals surface area contributed by atoms with Crippen molar-refractivity contribution < 1.29 is 13.2 Å². The molecule has 1 aromatic carbocycles. The van der Waals surface area contributed by atoms with E-state index in [1.807, 2.05) is 0 Å². The third-order valence-electron chi connectivity index (χ3n) is 1.35. The fourth-order valence-electron chi connectivity index (χ4n) is 0.799. The molecule has 1 aromatic rings. The van der Waals surface area contributed by atoms with Crippen molar-refractivity contribution in [3.05, 3.63) is 34.3 Å². The first kappa shape index (κ1) is 9.39. The maximum absolute atomic E-state index is 12.1. The molecule has 65 valence electrons. The highest BCUT2D eigenvalue weighted by molar-refractivity contribution is 6.31. The smallest absolute Gasteiger partial charge is 0.166 e. The van der Waals surface area contributed by atoms with Crippen LogP contribution in [0.5, 0.6) is 0 Å². The summed E-state index contributed by atoms with van der Waals surface area (Å²) in [6.45, 7) is 1.53. The SMILES string of the molecule is Cc1[c]cc(Cl)c(C(F)(F)F)c1. The van der Waals surface area contributed by atoms with Gasteiger partial charge in [-0.15, -0.1) is 0 Å². The second-order valence-corrected chi connectivity index (χ2v) is 2.78. The second-order valence-electron chi connectivity index (χ2n) is 2.38. The van der Waals surface area contributed by atoms with E-state index < -0.39 is 11.7 Å². The summed E-state index contributed by atoms with van der Waals surface area (Å²) < 4.78 is 36.4. The molecule has 0 heterocycles. The van der Waals surface area contributed by atoms with Gasteiger partial charge in [0, 0.05) is 0 Å². The van der Waals surface area contributed by atoms with Gasteiger partial charge in [-0.2, -0.15) is 13.2 Å². The number of hydrogen-bond donors (Lipinski definition) is 0. The van der Waals surface area contributed by atoms with E-state index in [9.17, 15) is 13.2 Å². The van der Waals surface area contributed by atoms with Gasteiger partial charge >= 0.3 is 6.18 Å². The summed E-state index contributed by atoms with van der Waals surface area (Å²) in [6.07, 6.45) is -4.38. The van der Waals surface area contributed by atoms with Crippen molar-refractivity contribution in [1.29, 1.82) is 0 Å². The van der Waals surface area contributed by atoms with Crippen molar-refractivity contribution in [3.8, 4) is 0 Å². The zero-order valence-corrected chi connectivity index (χ0v) is 6.92. The average molecular weight is 194 g/mol. The van der Waals surface area contributed by atoms with E-state index in [4.69, 9.17) is 11.6 Å². The van der Waals surface area contributed by atoms with Crippen molar-refractivity contribution in [2.75, 3.05) is 0 Å². The second kappa shape index (κ2) is 2.98. The lowest BCUT2D eigenvalue weighted by molar-refractivity contribution is -0.137. The van der Waals surface area contributed by atoms with Crippen LogP contribution in [-0.4, -0.2) is 0 Å². The summed E-state index contributed by atoms with van der Waals surface area (Å²) in [6, 6.07) is 4.68. The van der Waals surface area contributed by atoms with Crippen LogP contribution < -0.4 is 0 Å². The van der Waals surface area contributed by atoms with Gasteiger partial charge in [-0.05, 0) is 30.7 Å². The predicted octanol–water partition coefficient (Wildman–Crippen LogP) is 3.47. The van der Waals surface area contributed by atoms with E-state index in [-0.39, 0.29) is 5.02 Å². The summed E-state index contributed by atoms with van der Waals surface area (Å²) in [5.74, 6) is 0. The fraction of sp³-hybridized carbons (Fsp3) is 0.250. The molecule has 0 nitrogen and oxygen atoms in total. The van der Waals surface area contributed by atoms with Crippen molar-refractivity contribution in [2.45, 2.75) is 13.1 Å². The van der Waals surface area contributed by atoms with Crippen LogP contribution in [0.2, 0.25) is 5.02 Å². The standard InChI is InChI=1S/C8H5ClF3/c1-5-2-3-7(9)6(4-5)8(10,11)12/h3-4H,1H3. The maximum Gasteiger partial charge on any atom is 0.417 e. The molecule has 0 fully saturated rings. The Balaban J connectivity index is 3.23. The molecular formula is C8H5ClF3. The lowest BCUT2D eigenvalue weighted by Gasteiger charge is -2.08. The van der Waals surface area contributed by atoms with Crippen LogP contribution in [0, 0.1) is 13.0 Å². The first-order valence-corrected chi connectivity index (χ1v) is 3.54. The molecule has 1 radical (unpaired) electrons. The monoisotopic (exact) mass is 193 g/mol. The quantitative estimate of drug-likeness (QED) is 0.592. The molecule has 0 saturated carbocycles. The minimum atomic E-state index is -4.38. The minimum absolute atomic E-state index is 0.312. The Morgan fingerprint density at radius 1 is 1.42 bits per heavy atom. The third-order valence-corrected chi connectivity index (χ3v) is 1.66. The molecule has 4 heteroatoms. The first-order valence-electron chi connectivity index (χ1n) is 3.16. The molecule has 0 aliphatic rings. The fourth-order valence-corrected chi connectivity index (χ4v) is 1.02. The molecule has 0 unspecified atom stereocenters. The Morgan fingerprint density at radius 3 is 2.42 bits per heavy atom. The number of aryl methyl sites for hydroxylation is 1. The molecule has 0 aliphatic carbocycles. The first-order chi connectivity index (χ1) is 5.41. The molecule has 1 rings (SSSR count). The number of halogens is 4. The number of alkyl halides is 3. The Labute approximate surface area is 73.0 Å². The van der Waals surface area contributed by atoms with Gasteiger partial charge in [-0.3, -0.25) is 0 Å².